The minimum Gasteiger partial charge on any atom is -0.481 e. The molecule has 0 bridgehead atoms. The first-order valence-electron chi connectivity index (χ1n) is 11.3. The van der Waals surface area contributed by atoms with Crippen LogP contribution in [0.1, 0.15) is 36.3 Å². The highest BCUT2D eigenvalue weighted by atomic mass is 19.3. The fourth-order valence-corrected chi connectivity index (χ4v) is 5.12. The lowest BCUT2D eigenvalue weighted by Crippen LogP contribution is -2.63. The molecule has 0 radical (unpaired) electrons. The first-order valence-corrected chi connectivity index (χ1v) is 11.3. The Hall–Kier alpha value is -3.49. The lowest BCUT2D eigenvalue weighted by atomic mass is 9.76. The van der Waals surface area contributed by atoms with E-state index in [2.05, 4.69) is 10.6 Å². The van der Waals surface area contributed by atoms with Gasteiger partial charge < -0.3 is 20.5 Å². The number of hydrogen-bond donors (Lipinski definition) is 3. The first-order chi connectivity index (χ1) is 16.2. The molecule has 0 spiro atoms. The molecule has 2 amide bonds. The Bertz CT molecular complexity index is 1120. The first kappa shape index (κ1) is 22.3. The third-order valence-corrected chi connectivity index (χ3v) is 7.28. The van der Waals surface area contributed by atoms with Crippen LogP contribution in [-0.4, -0.2) is 47.7 Å². The van der Waals surface area contributed by atoms with E-state index in [9.17, 15) is 23.2 Å². The van der Waals surface area contributed by atoms with Crippen LogP contribution in [0.2, 0.25) is 0 Å². The second-order valence-corrected chi connectivity index (χ2v) is 9.19. The molecule has 0 aliphatic heterocycles. The van der Waals surface area contributed by atoms with Crippen molar-refractivity contribution in [3.05, 3.63) is 59.7 Å². The van der Waals surface area contributed by atoms with Crippen molar-refractivity contribution in [3.8, 4) is 11.1 Å². The Balaban J connectivity index is 1.20. The number of alkyl halides is 2. The van der Waals surface area contributed by atoms with Crippen LogP contribution in [0.4, 0.5) is 13.6 Å². The zero-order valence-electron chi connectivity index (χ0n) is 18.2. The van der Waals surface area contributed by atoms with E-state index in [0.717, 1.165) is 22.3 Å². The molecule has 9 heteroatoms. The van der Waals surface area contributed by atoms with Gasteiger partial charge in [0.1, 0.15) is 18.1 Å². The summed E-state index contributed by atoms with van der Waals surface area (Å²) in [7, 11) is 0. The van der Waals surface area contributed by atoms with Gasteiger partial charge in [0, 0.05) is 12.5 Å². The number of nitrogens with one attached hydrogen (secondary N) is 2. The van der Waals surface area contributed by atoms with E-state index in [-0.39, 0.29) is 12.5 Å². The van der Waals surface area contributed by atoms with E-state index in [1.165, 1.54) is 0 Å². The van der Waals surface area contributed by atoms with Gasteiger partial charge in [-0.05, 0) is 41.5 Å². The van der Waals surface area contributed by atoms with Crippen LogP contribution >= 0.6 is 0 Å². The number of halogens is 2. The van der Waals surface area contributed by atoms with Crippen LogP contribution in [-0.2, 0) is 14.3 Å². The number of carbonyl (C=O) groups is 3. The van der Waals surface area contributed by atoms with Crippen LogP contribution in [0.5, 0.6) is 0 Å². The number of benzene rings is 2. The van der Waals surface area contributed by atoms with E-state index in [4.69, 9.17) is 9.84 Å². The van der Waals surface area contributed by atoms with Crippen molar-refractivity contribution in [1.82, 2.24) is 10.6 Å². The molecule has 0 saturated heterocycles. The maximum atomic E-state index is 13.6. The molecule has 3 N–H and O–H groups in total. The summed E-state index contributed by atoms with van der Waals surface area (Å²) < 4.78 is 32.7. The van der Waals surface area contributed by atoms with Crippen molar-refractivity contribution in [2.75, 3.05) is 13.2 Å². The number of rotatable bonds is 7. The molecule has 0 heterocycles. The maximum Gasteiger partial charge on any atom is 0.408 e. The predicted molar refractivity (Wildman–Crippen MR) is 117 cm³/mol. The molecule has 3 aliphatic rings. The van der Waals surface area contributed by atoms with Gasteiger partial charge in [-0.2, -0.15) is 0 Å². The summed E-state index contributed by atoms with van der Waals surface area (Å²) in [6.07, 6.45) is 0.643. The monoisotopic (exact) mass is 470 g/mol. The molecule has 0 aromatic heterocycles. The number of alkyl carbamates (subject to hydrolysis) is 1. The zero-order valence-corrected chi connectivity index (χ0v) is 18.2. The smallest absolute Gasteiger partial charge is 0.408 e. The lowest BCUT2D eigenvalue weighted by molar-refractivity contribution is -0.141. The highest BCUT2D eigenvalue weighted by Gasteiger charge is 2.72. The molecular weight excluding hydrogens is 446 g/mol. The average molecular weight is 470 g/mol. The normalized spacial score (nSPS) is 23.1. The van der Waals surface area contributed by atoms with Crippen molar-refractivity contribution in [2.24, 2.45) is 11.8 Å². The lowest BCUT2D eigenvalue weighted by Gasteiger charge is -2.40. The predicted octanol–water partition coefficient (Wildman–Crippen LogP) is 3.53. The molecule has 2 unspecified atom stereocenters. The number of carbonyl (C=O) groups excluding carboxylic acids is 2. The summed E-state index contributed by atoms with van der Waals surface area (Å²) in [5, 5.41) is 13.9. The summed E-state index contributed by atoms with van der Waals surface area (Å²) in [6, 6.07) is 15.8. The van der Waals surface area contributed by atoms with Crippen molar-refractivity contribution in [3.63, 3.8) is 0 Å². The Labute approximate surface area is 194 Å². The van der Waals surface area contributed by atoms with Crippen molar-refractivity contribution in [1.29, 1.82) is 0 Å². The van der Waals surface area contributed by atoms with Gasteiger partial charge in [0.2, 0.25) is 5.91 Å². The highest BCUT2D eigenvalue weighted by molar-refractivity contribution is 5.91. The molecule has 2 atom stereocenters. The molecule has 2 saturated carbocycles. The SMILES string of the molecule is O=C(NC1(C(=O)NCC2C(C(=O)O)C2(F)F)CCC1)OCC1c2ccccc2-c2ccccc21. The summed E-state index contributed by atoms with van der Waals surface area (Å²) in [6.45, 7) is -0.372. The van der Waals surface area contributed by atoms with E-state index in [0.29, 0.717) is 19.3 Å². The molecule has 3 aliphatic carbocycles. The van der Waals surface area contributed by atoms with Gasteiger partial charge in [-0.3, -0.25) is 9.59 Å². The number of carboxylic acids is 1. The number of amides is 2. The summed E-state index contributed by atoms with van der Waals surface area (Å²) in [5.41, 5.74) is 3.08. The van der Waals surface area contributed by atoms with Crippen molar-refractivity contribution in [2.45, 2.75) is 36.6 Å². The van der Waals surface area contributed by atoms with Gasteiger partial charge in [0.05, 0.1) is 5.92 Å². The second kappa shape index (κ2) is 8.07. The average Bonchev–Trinajstić information content (AvgIpc) is 3.20. The summed E-state index contributed by atoms with van der Waals surface area (Å²) in [4.78, 5) is 36.2. The highest BCUT2D eigenvalue weighted by Crippen LogP contribution is 2.55. The fourth-order valence-electron chi connectivity index (χ4n) is 5.12. The number of hydrogen-bond acceptors (Lipinski definition) is 4. The second-order valence-electron chi connectivity index (χ2n) is 9.19. The van der Waals surface area contributed by atoms with Gasteiger partial charge in [-0.25, -0.2) is 13.6 Å². The van der Waals surface area contributed by atoms with E-state index in [1.54, 1.807) is 0 Å². The van der Waals surface area contributed by atoms with Crippen LogP contribution in [0.15, 0.2) is 48.5 Å². The molecule has 2 aromatic rings. The third-order valence-electron chi connectivity index (χ3n) is 7.28. The van der Waals surface area contributed by atoms with E-state index >= 15 is 0 Å². The van der Waals surface area contributed by atoms with Crippen LogP contribution in [0.3, 0.4) is 0 Å². The molecule has 5 rings (SSSR count). The maximum absolute atomic E-state index is 13.6. The van der Waals surface area contributed by atoms with Gasteiger partial charge in [-0.15, -0.1) is 0 Å². The van der Waals surface area contributed by atoms with E-state index < -0.39 is 47.8 Å². The summed E-state index contributed by atoms with van der Waals surface area (Å²) >= 11 is 0. The Morgan fingerprint density at radius 2 is 1.59 bits per heavy atom. The fraction of sp³-hybridized carbons (Fsp3) is 0.400. The van der Waals surface area contributed by atoms with Gasteiger partial charge in [0.15, 0.2) is 0 Å². The Kier molecular flexibility index (Phi) is 5.30. The third kappa shape index (κ3) is 3.59. The standard InChI is InChI=1S/C25H24F2N2O5/c26-25(27)19(20(25)21(30)31)12-28-22(32)24(10-5-11-24)29-23(33)34-13-18-16-8-3-1-6-14(16)15-7-2-4-9-17(15)18/h1-4,6-9,18-20H,5,10-13H2,(H,28,32)(H,29,33)(H,30,31). The minimum atomic E-state index is -3.34. The van der Waals surface area contributed by atoms with Crippen molar-refractivity contribution < 1.29 is 33.0 Å². The molecule has 7 nitrogen and oxygen atoms in total. The molecule has 34 heavy (non-hydrogen) atoms. The van der Waals surface area contributed by atoms with Crippen LogP contribution in [0.25, 0.3) is 11.1 Å². The van der Waals surface area contributed by atoms with Gasteiger partial charge >= 0.3 is 12.1 Å². The number of aliphatic carboxylic acids is 1. The summed E-state index contributed by atoms with van der Waals surface area (Å²) in [5.74, 6) is -8.89. The van der Waals surface area contributed by atoms with Gasteiger partial charge in [0.25, 0.3) is 5.92 Å². The van der Waals surface area contributed by atoms with E-state index in [1.807, 2.05) is 48.5 Å². The van der Waals surface area contributed by atoms with Crippen LogP contribution in [0, 0.1) is 11.8 Å². The Morgan fingerprint density at radius 3 is 2.09 bits per heavy atom. The minimum absolute atomic E-state index is 0.0894. The molecule has 2 aromatic carbocycles. The number of carboxylic acid groups (broad SMARTS) is 1. The number of fused-ring (bicyclic) bond motifs is 3. The van der Waals surface area contributed by atoms with Crippen LogP contribution < -0.4 is 10.6 Å². The topological polar surface area (TPSA) is 105 Å². The zero-order chi connectivity index (χ0) is 24.1. The Morgan fingerprint density at radius 1 is 1.00 bits per heavy atom. The molecule has 178 valence electrons. The molecule has 2 fully saturated rings. The quantitative estimate of drug-likeness (QED) is 0.574. The number of ether oxygens (including phenoxy) is 1. The molecular formula is C25H24F2N2O5. The van der Waals surface area contributed by atoms with Gasteiger partial charge in [-0.1, -0.05) is 48.5 Å². The van der Waals surface area contributed by atoms with Crippen molar-refractivity contribution >= 4 is 18.0 Å². The largest absolute Gasteiger partial charge is 0.481 e.